The molecule has 0 amide bonds. The Labute approximate surface area is 423 Å². The first-order valence-electron chi connectivity index (χ1n) is 25.0. The Hall–Kier alpha value is -9.70. The summed E-state index contributed by atoms with van der Waals surface area (Å²) in [6.07, 6.45) is 0. The third-order valence-corrected chi connectivity index (χ3v) is 14.6. The van der Waals surface area contributed by atoms with E-state index in [0.29, 0.717) is 0 Å². The zero-order valence-electron chi connectivity index (χ0n) is 39.9. The van der Waals surface area contributed by atoms with E-state index in [1.54, 1.807) is 0 Å². The van der Waals surface area contributed by atoms with Crippen LogP contribution in [-0.4, -0.2) is 4.57 Å². The Morgan fingerprint density at radius 2 is 0.726 bits per heavy atom. The van der Waals surface area contributed by atoms with Crippen molar-refractivity contribution in [1.82, 2.24) is 4.57 Å². The maximum atomic E-state index is 6.39. The second-order valence-electron chi connectivity index (χ2n) is 18.9. The van der Waals surface area contributed by atoms with Crippen molar-refractivity contribution in [3.63, 3.8) is 0 Å². The van der Waals surface area contributed by atoms with Crippen molar-refractivity contribution in [1.29, 1.82) is 0 Å². The van der Waals surface area contributed by atoms with Gasteiger partial charge in [0.1, 0.15) is 11.2 Å². The highest BCUT2D eigenvalue weighted by molar-refractivity contribution is 6.11. The number of fused-ring (bicyclic) bond motifs is 7. The van der Waals surface area contributed by atoms with Crippen LogP contribution in [-0.2, 0) is 0 Å². The van der Waals surface area contributed by atoms with E-state index in [1.807, 2.05) is 12.1 Å². The van der Waals surface area contributed by atoms with E-state index in [4.69, 9.17) is 4.42 Å². The van der Waals surface area contributed by atoms with E-state index in [2.05, 4.69) is 276 Å². The summed E-state index contributed by atoms with van der Waals surface area (Å²) < 4.78 is 8.80. The molecule has 342 valence electrons. The summed E-state index contributed by atoms with van der Waals surface area (Å²) in [4.78, 5) is 2.35. The first-order chi connectivity index (χ1) is 36.2. The summed E-state index contributed by atoms with van der Waals surface area (Å²) in [5, 5.41) is 7.27. The summed E-state index contributed by atoms with van der Waals surface area (Å²) in [7, 11) is 0. The molecule has 73 heavy (non-hydrogen) atoms. The minimum atomic E-state index is 0.909. The molecule has 0 aliphatic heterocycles. The molecule has 0 N–H and O–H groups in total. The fourth-order valence-electron chi connectivity index (χ4n) is 11.0. The standard InChI is InChI=1S/C70H46N2O/c1-2-14-53-45-55(32-29-47(53)13-1)51-37-43-59(44-38-51)71(57-39-33-49(34-40-57)48-27-30-52(31-28-48)61-21-12-22-65-64-20-6-10-26-69(64)73-70(61)65)58-41-35-50(36-42-58)54-15-11-16-56(46-54)60-17-3-7-23-66(60)72-67-24-8-4-18-62(67)63-19-5-9-25-68(63)72/h1-46H. The van der Waals surface area contributed by atoms with Gasteiger partial charge in [-0.1, -0.05) is 206 Å². The number of hydrogen-bond acceptors (Lipinski definition) is 2. The van der Waals surface area contributed by atoms with E-state index in [0.717, 1.165) is 78.1 Å². The maximum absolute atomic E-state index is 6.39. The molecule has 0 spiro atoms. The summed E-state index contributed by atoms with van der Waals surface area (Å²) in [5.41, 5.74) is 20.2. The topological polar surface area (TPSA) is 21.3 Å². The van der Waals surface area contributed by atoms with Crippen molar-refractivity contribution >= 4 is 71.6 Å². The van der Waals surface area contributed by atoms with Crippen LogP contribution in [0.4, 0.5) is 17.1 Å². The van der Waals surface area contributed by atoms with Gasteiger partial charge < -0.3 is 13.9 Å². The highest BCUT2D eigenvalue weighted by Gasteiger charge is 2.18. The van der Waals surface area contributed by atoms with Gasteiger partial charge in [-0.2, -0.15) is 0 Å². The molecule has 14 aromatic rings. The van der Waals surface area contributed by atoms with Crippen molar-refractivity contribution in [2.45, 2.75) is 0 Å². The van der Waals surface area contributed by atoms with Gasteiger partial charge in [-0.05, 0) is 128 Å². The molecule has 0 radical (unpaired) electrons. The molecule has 0 aliphatic rings. The lowest BCUT2D eigenvalue weighted by Crippen LogP contribution is -2.09. The molecule has 0 aliphatic carbocycles. The van der Waals surface area contributed by atoms with Crippen molar-refractivity contribution in [3.8, 4) is 61.3 Å². The van der Waals surface area contributed by atoms with Crippen LogP contribution in [0, 0.1) is 0 Å². The SMILES string of the molecule is c1cc(-c2ccc(N(c3ccc(-c4ccc(-c5cccc6c5oc5ccccc56)cc4)cc3)c3ccc(-c4ccc5ccccc5c4)cc3)cc2)cc(-c2ccccc2-n2c3ccccc3c3ccccc32)c1. The van der Waals surface area contributed by atoms with Gasteiger partial charge in [0.05, 0.1) is 16.7 Å². The first-order valence-corrected chi connectivity index (χ1v) is 25.0. The van der Waals surface area contributed by atoms with Crippen LogP contribution in [0.1, 0.15) is 0 Å². The third-order valence-electron chi connectivity index (χ3n) is 14.6. The number of anilines is 3. The molecule has 0 atom stereocenters. The van der Waals surface area contributed by atoms with E-state index in [9.17, 15) is 0 Å². The third kappa shape index (κ3) is 7.46. The van der Waals surface area contributed by atoms with Crippen LogP contribution >= 0.6 is 0 Å². The zero-order chi connectivity index (χ0) is 48.2. The van der Waals surface area contributed by atoms with Crippen LogP contribution in [0.15, 0.2) is 283 Å². The Bertz CT molecular complexity index is 4300. The summed E-state index contributed by atoms with van der Waals surface area (Å²) in [5.74, 6) is 0. The molecule has 2 aromatic heterocycles. The quantitative estimate of drug-likeness (QED) is 0.144. The Balaban J connectivity index is 0.800. The van der Waals surface area contributed by atoms with E-state index in [-0.39, 0.29) is 0 Å². The van der Waals surface area contributed by atoms with Crippen LogP contribution in [0.3, 0.4) is 0 Å². The van der Waals surface area contributed by atoms with E-state index < -0.39 is 0 Å². The first kappa shape index (κ1) is 42.2. The number of aromatic nitrogens is 1. The van der Waals surface area contributed by atoms with Gasteiger partial charge in [-0.3, -0.25) is 0 Å². The summed E-state index contributed by atoms with van der Waals surface area (Å²) in [6.45, 7) is 0. The fraction of sp³-hybridized carbons (Fsp3) is 0. The molecule has 0 bridgehead atoms. The lowest BCUT2D eigenvalue weighted by Gasteiger charge is -2.26. The molecule has 0 saturated carbocycles. The largest absolute Gasteiger partial charge is 0.455 e. The van der Waals surface area contributed by atoms with Crippen molar-refractivity contribution in [3.05, 3.63) is 279 Å². The molecule has 14 rings (SSSR count). The van der Waals surface area contributed by atoms with Gasteiger partial charge in [0.2, 0.25) is 0 Å². The van der Waals surface area contributed by atoms with Crippen LogP contribution < -0.4 is 4.90 Å². The van der Waals surface area contributed by atoms with Gasteiger partial charge in [-0.15, -0.1) is 0 Å². The van der Waals surface area contributed by atoms with Gasteiger partial charge in [-0.25, -0.2) is 0 Å². The molecule has 0 unspecified atom stereocenters. The molecule has 0 fully saturated rings. The van der Waals surface area contributed by atoms with E-state index in [1.165, 1.54) is 54.8 Å². The molecule has 2 heterocycles. The molecular weight excluding hydrogens is 885 g/mol. The Morgan fingerprint density at radius 1 is 0.274 bits per heavy atom. The average molecular weight is 931 g/mol. The maximum Gasteiger partial charge on any atom is 0.143 e. The number of furan rings is 1. The lowest BCUT2D eigenvalue weighted by molar-refractivity contribution is 0.670. The Kier molecular flexibility index (Phi) is 10.2. The van der Waals surface area contributed by atoms with Crippen LogP contribution in [0.25, 0.3) is 116 Å². The number of hydrogen-bond donors (Lipinski definition) is 0. The predicted octanol–water partition coefficient (Wildman–Crippen LogP) is 19.6. The smallest absolute Gasteiger partial charge is 0.143 e. The minimum absolute atomic E-state index is 0.909. The average Bonchev–Trinajstić information content (AvgIpc) is 4.03. The monoisotopic (exact) mass is 930 g/mol. The normalized spacial score (nSPS) is 11.6. The lowest BCUT2D eigenvalue weighted by atomic mass is 9.97. The highest BCUT2D eigenvalue weighted by Crippen LogP contribution is 2.41. The number of nitrogens with zero attached hydrogens (tertiary/aromatic N) is 2. The van der Waals surface area contributed by atoms with Crippen molar-refractivity contribution in [2.24, 2.45) is 0 Å². The molecule has 3 heteroatoms. The molecule has 0 saturated heterocycles. The predicted molar refractivity (Wildman–Crippen MR) is 307 cm³/mol. The molecule has 3 nitrogen and oxygen atoms in total. The van der Waals surface area contributed by atoms with Crippen LogP contribution in [0.2, 0.25) is 0 Å². The van der Waals surface area contributed by atoms with Crippen LogP contribution in [0.5, 0.6) is 0 Å². The fourth-order valence-corrected chi connectivity index (χ4v) is 11.0. The van der Waals surface area contributed by atoms with Gasteiger partial charge in [0.15, 0.2) is 0 Å². The van der Waals surface area contributed by atoms with Gasteiger partial charge >= 0.3 is 0 Å². The Morgan fingerprint density at radius 3 is 1.40 bits per heavy atom. The summed E-state index contributed by atoms with van der Waals surface area (Å²) >= 11 is 0. The number of rotatable bonds is 9. The number of benzene rings is 12. The highest BCUT2D eigenvalue weighted by atomic mass is 16.3. The van der Waals surface area contributed by atoms with E-state index >= 15 is 0 Å². The van der Waals surface area contributed by atoms with Crippen molar-refractivity contribution < 1.29 is 4.42 Å². The second-order valence-corrected chi connectivity index (χ2v) is 18.9. The van der Waals surface area contributed by atoms with Crippen molar-refractivity contribution in [2.75, 3.05) is 4.90 Å². The molecule has 12 aromatic carbocycles. The zero-order valence-corrected chi connectivity index (χ0v) is 39.9. The molecular formula is C70H46N2O. The van der Waals surface area contributed by atoms with Gasteiger partial charge in [0, 0.05) is 49.7 Å². The summed E-state index contributed by atoms with van der Waals surface area (Å²) in [6, 6.07) is 101. The second kappa shape index (κ2) is 17.6. The minimum Gasteiger partial charge on any atom is -0.455 e. The van der Waals surface area contributed by atoms with Gasteiger partial charge in [0.25, 0.3) is 0 Å². The number of para-hydroxylation sites is 5.